The Hall–Kier alpha value is -4.32. The van der Waals surface area contributed by atoms with E-state index in [1.165, 1.54) is 63.0 Å². The molecule has 60 heavy (non-hydrogen) atoms. The second-order valence-electron chi connectivity index (χ2n) is 17.0. The number of methoxy groups -OCH3 is 2. The Balaban J connectivity index is 0.000000176. The van der Waals surface area contributed by atoms with Crippen LogP contribution >= 0.6 is 31.9 Å². The van der Waals surface area contributed by atoms with Gasteiger partial charge in [0, 0.05) is 74.3 Å². The van der Waals surface area contributed by atoms with Crippen molar-refractivity contribution in [1.29, 1.82) is 0 Å². The van der Waals surface area contributed by atoms with E-state index in [0.717, 1.165) is 101 Å². The predicted molar refractivity (Wildman–Crippen MR) is 240 cm³/mol. The van der Waals surface area contributed by atoms with Gasteiger partial charge in [0.05, 0.1) is 32.0 Å². The number of rotatable bonds is 6. The first-order chi connectivity index (χ1) is 29.1. The molecule has 0 bridgehead atoms. The summed E-state index contributed by atoms with van der Waals surface area (Å²) in [7, 11) is 3.56. The highest BCUT2D eigenvalue weighted by atomic mass is 79.9. The smallest absolute Gasteiger partial charge is 0.226 e. The van der Waals surface area contributed by atoms with Gasteiger partial charge in [-0.2, -0.15) is 0 Å². The van der Waals surface area contributed by atoms with Crippen LogP contribution in [0.1, 0.15) is 99.0 Å². The Kier molecular flexibility index (Phi) is 13.2. The number of carbonyl (C=O) groups excluding carboxylic acids is 1. The van der Waals surface area contributed by atoms with E-state index < -0.39 is 0 Å². The zero-order chi connectivity index (χ0) is 41.9. The van der Waals surface area contributed by atoms with Crippen molar-refractivity contribution in [3.05, 3.63) is 144 Å². The molecule has 2 aliphatic heterocycles. The molecule has 0 radical (unpaired) electrons. The monoisotopic (exact) mass is 936 g/mol. The van der Waals surface area contributed by atoms with E-state index >= 15 is 0 Å². The molecule has 2 fully saturated rings. The third kappa shape index (κ3) is 9.14. The Labute approximate surface area is 371 Å². The molecule has 3 aromatic heterocycles. The van der Waals surface area contributed by atoms with Gasteiger partial charge in [-0.15, -0.1) is 0 Å². The van der Waals surface area contributed by atoms with Gasteiger partial charge >= 0.3 is 0 Å². The van der Waals surface area contributed by atoms with Crippen LogP contribution in [0.3, 0.4) is 0 Å². The molecule has 2 aromatic carbocycles. The van der Waals surface area contributed by atoms with Crippen LogP contribution in [-0.4, -0.2) is 66.4 Å². The lowest BCUT2D eigenvalue weighted by atomic mass is 9.76. The number of likely N-dealkylation sites (tertiary alicyclic amines) is 1. The summed E-state index contributed by atoms with van der Waals surface area (Å²) < 4.78 is 14.9. The van der Waals surface area contributed by atoms with Gasteiger partial charge in [-0.25, -0.2) is 0 Å². The number of aryl methyl sites for hydroxylation is 6. The minimum absolute atomic E-state index is 0.135. The van der Waals surface area contributed by atoms with Crippen LogP contribution in [0.15, 0.2) is 82.3 Å². The topological polar surface area (TPSA) is 101 Å². The number of aromatic nitrogens is 3. The highest BCUT2D eigenvalue weighted by Crippen LogP contribution is 2.48. The fraction of sp³-hybridized carbons (Fsp3) is 0.429. The summed E-state index contributed by atoms with van der Waals surface area (Å²) in [5.41, 5.74) is 13.9. The van der Waals surface area contributed by atoms with Gasteiger partial charge in [0.15, 0.2) is 0 Å². The van der Waals surface area contributed by atoms with Crippen molar-refractivity contribution in [2.24, 2.45) is 11.8 Å². The average Bonchev–Trinajstić information content (AvgIpc) is 3.52. The molecule has 2 saturated heterocycles. The number of hydrogen-bond acceptors (Lipinski definition) is 7. The van der Waals surface area contributed by atoms with Gasteiger partial charge in [-0.05, 0) is 185 Å². The molecule has 0 spiro atoms. The second kappa shape index (κ2) is 18.7. The van der Waals surface area contributed by atoms with Crippen molar-refractivity contribution in [2.45, 2.75) is 83.5 Å². The number of nitrogens with one attached hydrogen (secondary N) is 1. The standard InChI is InChI=1S/C28H31BrN3O3.C21H25BrN2O/c1-18-13-21-3-4-22-16-23(29)17-30-28(22)27(26(21)24(14-18)35-2)20-7-9-31(10-8-20)25(33)15-19-5-11-32(34)12-6-19;1-13-9-15-3-4-16-11-17(22)12-24-21(16)20(14-5-7-23-8-6-14)19(15)18(10-13)25-2/h5-6,11-14,16-17,20,27,34H,3-4,7-10,15H2,1-2H3;9-12,14,20,23H,3-8H2,1-2H3/q+1;. The first-order valence-corrected chi connectivity index (χ1v) is 23.0. The molecule has 11 heteroatoms. The molecule has 1 amide bonds. The van der Waals surface area contributed by atoms with Crippen molar-refractivity contribution >= 4 is 37.8 Å². The summed E-state index contributed by atoms with van der Waals surface area (Å²) in [5.74, 6) is 3.60. The minimum atomic E-state index is 0.135. The predicted octanol–water partition coefficient (Wildman–Crippen LogP) is 8.79. The number of amides is 1. The third-order valence-electron chi connectivity index (χ3n) is 13.1. The second-order valence-corrected chi connectivity index (χ2v) is 18.8. The van der Waals surface area contributed by atoms with E-state index in [-0.39, 0.29) is 11.8 Å². The van der Waals surface area contributed by atoms with Gasteiger partial charge in [0.25, 0.3) is 0 Å². The molecule has 314 valence electrons. The van der Waals surface area contributed by atoms with E-state index in [0.29, 0.717) is 24.2 Å². The van der Waals surface area contributed by atoms with Gasteiger partial charge in [0.2, 0.25) is 18.3 Å². The minimum Gasteiger partial charge on any atom is -0.496 e. The van der Waals surface area contributed by atoms with Crippen molar-refractivity contribution in [1.82, 2.24) is 20.2 Å². The maximum atomic E-state index is 13.0. The van der Waals surface area contributed by atoms with Crippen LogP contribution in [0.5, 0.6) is 11.5 Å². The molecule has 2 N–H and O–H groups in total. The largest absolute Gasteiger partial charge is 0.496 e. The molecular weight excluding hydrogens is 882 g/mol. The quantitative estimate of drug-likeness (QED) is 0.130. The van der Waals surface area contributed by atoms with Gasteiger partial charge in [0.1, 0.15) is 11.5 Å². The van der Waals surface area contributed by atoms with Crippen molar-refractivity contribution < 1.29 is 24.2 Å². The van der Waals surface area contributed by atoms with Gasteiger partial charge < -0.3 is 19.7 Å². The SMILES string of the molecule is COc1cc(C)cc2c1C(C1CCN(C(=O)Cc3cc[n+](O)cc3)CC1)c1ncc(Br)cc1CC2.COc1cc(C)cc2c1C(C1CCNCC1)c1ncc(Br)cc1CC2. The molecule has 0 saturated carbocycles. The van der Waals surface area contributed by atoms with E-state index in [2.05, 4.69) is 87.4 Å². The summed E-state index contributed by atoms with van der Waals surface area (Å²) in [5, 5.41) is 12.9. The Morgan fingerprint density at radius 3 is 1.68 bits per heavy atom. The number of halogens is 2. The lowest BCUT2D eigenvalue weighted by Crippen LogP contribution is -2.41. The van der Waals surface area contributed by atoms with Crippen LogP contribution < -0.4 is 19.5 Å². The number of hydrogen-bond donors (Lipinski definition) is 2. The first kappa shape index (κ1) is 42.4. The Morgan fingerprint density at radius 2 is 1.20 bits per heavy atom. The van der Waals surface area contributed by atoms with Crippen LogP contribution in [0.2, 0.25) is 0 Å². The Morgan fingerprint density at radius 1 is 0.733 bits per heavy atom. The molecular formula is C49H56Br2N5O4+. The fourth-order valence-electron chi connectivity index (χ4n) is 10.3. The number of pyridine rings is 3. The average molecular weight is 939 g/mol. The van der Waals surface area contributed by atoms with Crippen molar-refractivity contribution in [2.75, 3.05) is 40.4 Å². The zero-order valence-electron chi connectivity index (χ0n) is 35.1. The van der Waals surface area contributed by atoms with Crippen LogP contribution in [0, 0.1) is 25.7 Å². The molecule has 9 rings (SSSR count). The van der Waals surface area contributed by atoms with Crippen LogP contribution in [0.4, 0.5) is 0 Å². The molecule has 4 aliphatic rings. The summed E-state index contributed by atoms with van der Waals surface area (Å²) in [6.07, 6.45) is 15.6. The van der Waals surface area contributed by atoms with E-state index in [1.807, 2.05) is 17.3 Å². The maximum absolute atomic E-state index is 13.0. The fourth-order valence-corrected chi connectivity index (χ4v) is 11.1. The van der Waals surface area contributed by atoms with Crippen molar-refractivity contribution in [3.8, 4) is 11.5 Å². The number of piperidine rings is 2. The summed E-state index contributed by atoms with van der Waals surface area (Å²) in [4.78, 5) is 24.8. The Bertz CT molecular complexity index is 2340. The molecule has 5 aromatic rings. The van der Waals surface area contributed by atoms with Crippen LogP contribution in [0.25, 0.3) is 0 Å². The summed E-state index contributed by atoms with van der Waals surface area (Å²) >= 11 is 7.22. The first-order valence-electron chi connectivity index (χ1n) is 21.4. The van der Waals surface area contributed by atoms with Crippen molar-refractivity contribution in [3.63, 3.8) is 0 Å². The third-order valence-corrected chi connectivity index (χ3v) is 14.0. The van der Waals surface area contributed by atoms with Crippen LogP contribution in [-0.2, 0) is 36.9 Å². The summed E-state index contributed by atoms with van der Waals surface area (Å²) in [6, 6.07) is 17.0. The highest BCUT2D eigenvalue weighted by Gasteiger charge is 2.38. The molecule has 5 heterocycles. The zero-order valence-corrected chi connectivity index (χ0v) is 38.3. The molecule has 2 unspecified atom stereocenters. The number of ether oxygens (including phenoxy) is 2. The lowest BCUT2D eigenvalue weighted by Gasteiger charge is -2.37. The van der Waals surface area contributed by atoms with E-state index in [4.69, 9.17) is 19.4 Å². The van der Waals surface area contributed by atoms with Gasteiger partial charge in [-0.1, -0.05) is 12.1 Å². The molecule has 2 atom stereocenters. The highest BCUT2D eigenvalue weighted by molar-refractivity contribution is 9.10. The maximum Gasteiger partial charge on any atom is 0.226 e. The number of benzene rings is 2. The number of fused-ring (bicyclic) bond motifs is 4. The normalized spacial score (nSPS) is 19.0. The lowest BCUT2D eigenvalue weighted by molar-refractivity contribution is -0.904. The van der Waals surface area contributed by atoms with E-state index in [1.54, 1.807) is 38.7 Å². The molecule has 9 nitrogen and oxygen atoms in total. The number of nitrogens with zero attached hydrogens (tertiary/aromatic N) is 4. The summed E-state index contributed by atoms with van der Waals surface area (Å²) in [6.45, 7) is 7.95. The van der Waals surface area contributed by atoms with E-state index in [9.17, 15) is 10.0 Å². The molecule has 2 aliphatic carbocycles. The number of carbonyl (C=O) groups is 1. The van der Waals surface area contributed by atoms with Gasteiger partial charge in [-0.3, -0.25) is 20.0 Å².